The normalized spacial score (nSPS) is 6.03. The molecule has 0 saturated carbocycles. The van der Waals surface area contributed by atoms with Gasteiger partial charge in [0.1, 0.15) is 6.61 Å². The number of aliphatic hydroxyl groups excluding tert-OH is 1. The number of carbonyl (C=O) groups is 3. The van der Waals surface area contributed by atoms with E-state index >= 15 is 0 Å². The van der Waals surface area contributed by atoms with Gasteiger partial charge in [0.25, 0.3) is 0 Å². The van der Waals surface area contributed by atoms with Crippen LogP contribution in [0.2, 0.25) is 0 Å². The van der Waals surface area contributed by atoms with E-state index in [1.165, 1.54) is 0 Å². The van der Waals surface area contributed by atoms with Crippen molar-refractivity contribution in [3.63, 3.8) is 0 Å². The van der Waals surface area contributed by atoms with E-state index in [1.54, 1.807) is 0 Å². The van der Waals surface area contributed by atoms with E-state index in [0.29, 0.717) is 0 Å². The Morgan fingerprint density at radius 3 is 0.875 bits per heavy atom. The van der Waals surface area contributed by atoms with Crippen LogP contribution in [-0.2, 0) is 44.8 Å². The maximum Gasteiger partial charge on any atom is 1.00 e. The van der Waals surface area contributed by atoms with Crippen LogP contribution in [0.15, 0.2) is 0 Å². The Balaban J connectivity index is -0.00000000460. The number of aldehydes is 1. The molecule has 0 fully saturated rings. The number of rotatable bonds is 2. The number of aliphatic hydroxyl groups is 1. The van der Waals surface area contributed by atoms with E-state index in [2.05, 4.69) is 0 Å². The maximum absolute atomic E-state index is 9.12. The first-order valence-corrected chi connectivity index (χ1v) is 6.55. The van der Waals surface area contributed by atoms with Crippen molar-refractivity contribution in [2.45, 2.75) is 52.0 Å². The Kier molecular flexibility index (Phi) is 196. The highest BCUT2D eigenvalue weighted by atomic mass is 32.3. The number of carboxylic acid groups (broad SMARTS) is 2. The highest BCUT2D eigenvalue weighted by Gasteiger charge is 1.84. The van der Waals surface area contributed by atoms with Crippen molar-refractivity contribution in [3.8, 4) is 0 Å². The fourth-order valence-electron chi connectivity index (χ4n) is 0. The number of aliphatic carboxylic acids is 2. The zero-order valence-electron chi connectivity index (χ0n) is 19.3. The predicted octanol–water partition coefficient (Wildman–Crippen LogP) is -0.538. The monoisotopic (exact) mass is 544 g/mol. The summed E-state index contributed by atoms with van der Waals surface area (Å²) in [6.45, 7) is -0.778. The lowest BCUT2D eigenvalue weighted by Crippen LogP contribution is -1.98. The van der Waals surface area contributed by atoms with Crippen molar-refractivity contribution in [1.82, 2.24) is 0 Å². The van der Waals surface area contributed by atoms with E-state index in [9.17, 15) is 0 Å². The Morgan fingerprint density at radius 1 is 0.812 bits per heavy atom. The average molecular weight is 545 g/mol. The second-order valence-corrected chi connectivity index (χ2v) is 3.66. The Hall–Kier alpha value is -2.39. The van der Waals surface area contributed by atoms with Gasteiger partial charge in [-0.2, -0.15) is 18.0 Å². The van der Waals surface area contributed by atoms with Gasteiger partial charge < -0.3 is 35.4 Å². The summed E-state index contributed by atoms with van der Waals surface area (Å²) in [6.07, 6.45) is 0.0833. The molecule has 210 valence electrons. The first-order chi connectivity index (χ1) is 9.95. The standard InChI is InChI=1S/C2H4O3.C2H2O3.CO2.7CH4.2H2O4S.2H2O/c2*3-1-2(4)5;2-1-3;;;;;;;;2*1-5(2,3)4;;/h3H,1H2,(H,4,5);1H,(H,4,5);;7*1H4;2*(H2,1,2,3,4);2*1H2/p+6. The molecule has 0 aliphatic heterocycles. The summed E-state index contributed by atoms with van der Waals surface area (Å²) in [6, 6.07) is 0. The summed E-state index contributed by atoms with van der Waals surface area (Å²) < 4.78 is 65.7. The summed E-state index contributed by atoms with van der Waals surface area (Å²) in [5.41, 5.74) is 0. The summed E-state index contributed by atoms with van der Waals surface area (Å²) in [5, 5.41) is 22.4. The molecule has 0 spiro atoms. The molecule has 32 heavy (non-hydrogen) atoms. The highest BCUT2D eigenvalue weighted by molar-refractivity contribution is 7.80. The molecule has 18 nitrogen and oxygen atoms in total. The van der Waals surface area contributed by atoms with Gasteiger partial charge in [-0.25, -0.2) is 9.59 Å². The van der Waals surface area contributed by atoms with Crippen LogP contribution in [0, 0.1) is 0 Å². The second-order valence-electron chi connectivity index (χ2n) is 1.95. The van der Waals surface area contributed by atoms with E-state index in [1.807, 2.05) is 0 Å². The van der Waals surface area contributed by atoms with Crippen molar-refractivity contribution in [1.29, 1.82) is 0 Å². The van der Waals surface area contributed by atoms with Crippen LogP contribution in [0.25, 0.3) is 0 Å². The summed E-state index contributed by atoms with van der Waals surface area (Å²) in [7, 11) is -9.83. The molecule has 0 bridgehead atoms. The molecule has 0 heterocycles. The van der Waals surface area contributed by atoms with Gasteiger partial charge in [-0.1, -0.05) is 52.0 Å². The van der Waals surface area contributed by atoms with Crippen molar-refractivity contribution >= 4 is 45.2 Å². The second kappa shape index (κ2) is 63.0. The number of hydrogen-bond donors (Lipinski definition) is 5. The van der Waals surface area contributed by atoms with Crippen molar-refractivity contribution < 1.29 is 96.7 Å². The van der Waals surface area contributed by atoms with Gasteiger partial charge in [-0.15, -0.1) is 0 Å². The summed E-state index contributed by atoms with van der Waals surface area (Å²) >= 11 is 0. The predicted molar refractivity (Wildman–Crippen MR) is 121 cm³/mol. The third-order valence-electron chi connectivity index (χ3n) is 0.236. The molecule has 0 aromatic carbocycles. The van der Waals surface area contributed by atoms with Crippen LogP contribution in [0.4, 0.5) is 0 Å². The molecule has 0 aliphatic rings. The lowest BCUT2D eigenvalue weighted by Gasteiger charge is -2.06. The van der Waals surface area contributed by atoms with Gasteiger partial charge in [0.2, 0.25) is 6.29 Å². The lowest BCUT2D eigenvalue weighted by atomic mass is 10.8. The third-order valence-corrected chi connectivity index (χ3v) is 0.236. The van der Waals surface area contributed by atoms with E-state index < -0.39 is 39.3 Å². The van der Waals surface area contributed by atoms with Gasteiger partial charge in [-0.05, 0) is 0 Å². The van der Waals surface area contributed by atoms with Gasteiger partial charge in [0, 0.05) is 10.4 Å². The fraction of sp³-hybridized carbons (Fsp3) is 0.667. The van der Waals surface area contributed by atoms with Gasteiger partial charge in [0.05, 0.1) is 0 Å². The lowest BCUT2D eigenvalue weighted by molar-refractivity contribution is -0.191. The number of carboxylic acids is 2. The molecule has 9 N–H and O–H groups in total. The quantitative estimate of drug-likeness (QED) is 0.126. The first kappa shape index (κ1) is 99.5. The zero-order chi connectivity index (χ0) is 20.3. The van der Waals surface area contributed by atoms with Crippen LogP contribution < -0.4 is 0 Å². The molecule has 0 saturated heterocycles. The molecule has 0 aromatic rings. The minimum absolute atomic E-state index is 0. The number of carbonyl (C=O) groups excluding carboxylic acids is 3. The van der Waals surface area contributed by atoms with Crippen LogP contribution in [-0.4, -0.2) is 92.3 Å². The summed E-state index contributed by atoms with van der Waals surface area (Å²) in [5.74, 6) is -2.62. The van der Waals surface area contributed by atoms with Crippen molar-refractivity contribution in [2.24, 2.45) is 0 Å². The molecule has 0 amide bonds. The highest BCUT2D eigenvalue weighted by Crippen LogP contribution is 1.59. The molecular weight excluding hydrogens is 496 g/mol. The van der Waals surface area contributed by atoms with E-state index in [4.69, 9.17) is 74.3 Å². The molecule has 0 unspecified atom stereocenters. The van der Waals surface area contributed by atoms with Gasteiger partial charge >= 0.3 is 39.9 Å². The molecule has 0 radical (unpaired) electrons. The minimum atomic E-state index is -5.17. The van der Waals surface area contributed by atoms with Gasteiger partial charge in [-0.3, -0.25) is 22.3 Å². The first-order valence-electron chi connectivity index (χ1n) is 3.82. The Morgan fingerprint density at radius 2 is 0.875 bits per heavy atom. The van der Waals surface area contributed by atoms with Crippen LogP contribution >= 0.6 is 0 Å². The largest absolute Gasteiger partial charge is 1.00 e. The molecular formula is C12H48O18S2+6. The van der Waals surface area contributed by atoms with E-state index in [-0.39, 0.29) is 86.8 Å². The fourth-order valence-corrected chi connectivity index (χ4v) is 0. The minimum Gasteiger partial charge on any atom is -0.759 e. The molecule has 0 rings (SSSR count). The van der Waals surface area contributed by atoms with Crippen molar-refractivity contribution in [3.05, 3.63) is 0 Å². The Labute approximate surface area is 201 Å². The topological polar surface area (TPSA) is 364 Å². The summed E-state index contributed by atoms with van der Waals surface area (Å²) in [4.78, 5) is 43.3. The molecule has 20 heteroatoms. The SMILES string of the molecule is C.C.C.C.C.C.C.O.O.O=C(O)CO.O=C=O.O=CC(=O)O.O=S(=O)(O)O.O=S(=O)([O-])[O-].[H+].[H+].[H+].[H+].[H+].[H+].[H+].[H+]. The van der Waals surface area contributed by atoms with Crippen LogP contribution in [0.5, 0.6) is 0 Å². The molecule has 0 atom stereocenters. The smallest absolute Gasteiger partial charge is 0.759 e. The third kappa shape index (κ3) is 7540. The molecule has 0 aliphatic carbocycles. The zero-order valence-corrected chi connectivity index (χ0v) is 13.0. The van der Waals surface area contributed by atoms with Crippen LogP contribution in [0.3, 0.4) is 0 Å². The van der Waals surface area contributed by atoms with E-state index in [0.717, 1.165) is 0 Å². The van der Waals surface area contributed by atoms with Crippen LogP contribution in [0.1, 0.15) is 63.4 Å². The Bertz CT molecular complexity index is 544. The maximum atomic E-state index is 9.12. The molecule has 0 aromatic heterocycles. The average Bonchev–Trinajstić information content (AvgIpc) is 2.26. The number of hydrogen-bond acceptors (Lipinski definition) is 12. The van der Waals surface area contributed by atoms with Gasteiger partial charge in [0.15, 0.2) is 0 Å². The van der Waals surface area contributed by atoms with Crippen molar-refractivity contribution in [2.75, 3.05) is 6.61 Å².